The third kappa shape index (κ3) is 5.12. The van der Waals surface area contributed by atoms with Crippen LogP contribution in [0.5, 0.6) is 0 Å². The van der Waals surface area contributed by atoms with Crippen molar-refractivity contribution in [2.75, 3.05) is 5.43 Å². The van der Waals surface area contributed by atoms with Gasteiger partial charge in [-0.15, -0.1) is 36.2 Å². The van der Waals surface area contributed by atoms with E-state index in [0.29, 0.717) is 0 Å². The average Bonchev–Trinajstić information content (AvgIpc) is 2.66. The first-order chi connectivity index (χ1) is 7.34. The van der Waals surface area contributed by atoms with Gasteiger partial charge in [0.15, 0.2) is 0 Å². The molecule has 2 rings (SSSR count). The Morgan fingerprint density at radius 2 is 2.24 bits per heavy atom. The van der Waals surface area contributed by atoms with Gasteiger partial charge in [-0.1, -0.05) is 6.07 Å². The molecular weight excluding hydrogens is 279 g/mol. The highest BCUT2D eigenvalue weighted by Gasteiger charge is 1.94. The third-order valence-electron chi connectivity index (χ3n) is 1.68. The van der Waals surface area contributed by atoms with Crippen molar-refractivity contribution in [3.63, 3.8) is 0 Å². The third-order valence-corrected chi connectivity index (χ3v) is 2.54. The van der Waals surface area contributed by atoms with E-state index in [1.165, 1.54) is 11.3 Å². The summed E-state index contributed by atoms with van der Waals surface area (Å²) < 4.78 is 0. The van der Waals surface area contributed by atoms with E-state index >= 15 is 0 Å². The molecule has 0 saturated heterocycles. The zero-order valence-corrected chi connectivity index (χ0v) is 11.5. The van der Waals surface area contributed by atoms with Crippen LogP contribution in [0.15, 0.2) is 35.0 Å². The smallest absolute Gasteiger partial charge is 0.203 e. The molecule has 1 N–H and O–H groups in total. The van der Waals surface area contributed by atoms with E-state index in [1.54, 1.807) is 18.6 Å². The zero-order chi connectivity index (χ0) is 10.5. The SMILES string of the molecule is Cc1csc(NN=Cc2cccnc2)n1.Cl.Cl. The second kappa shape index (κ2) is 8.00. The number of nitrogens with one attached hydrogen (secondary N) is 1. The number of hydrogen-bond acceptors (Lipinski definition) is 5. The largest absolute Gasteiger partial charge is 0.264 e. The lowest BCUT2D eigenvalue weighted by Gasteiger charge is -1.92. The van der Waals surface area contributed by atoms with Gasteiger partial charge in [0.1, 0.15) is 0 Å². The fourth-order valence-corrected chi connectivity index (χ4v) is 1.66. The summed E-state index contributed by atoms with van der Waals surface area (Å²) in [6.07, 6.45) is 5.19. The summed E-state index contributed by atoms with van der Waals surface area (Å²) in [4.78, 5) is 8.20. The van der Waals surface area contributed by atoms with Gasteiger partial charge in [-0.25, -0.2) is 4.98 Å². The molecule has 0 fully saturated rings. The van der Waals surface area contributed by atoms with Gasteiger partial charge in [0, 0.05) is 23.3 Å². The molecule has 0 unspecified atom stereocenters. The van der Waals surface area contributed by atoms with Crippen molar-refractivity contribution < 1.29 is 0 Å². The fourth-order valence-electron chi connectivity index (χ4n) is 1.02. The van der Waals surface area contributed by atoms with Crippen LogP contribution in [-0.4, -0.2) is 16.2 Å². The molecule has 2 aromatic heterocycles. The summed E-state index contributed by atoms with van der Waals surface area (Å²) in [7, 11) is 0. The second-order valence-corrected chi connectivity index (χ2v) is 3.81. The number of aromatic nitrogens is 2. The maximum atomic E-state index is 4.22. The van der Waals surface area contributed by atoms with E-state index < -0.39 is 0 Å². The molecule has 0 aromatic carbocycles. The lowest BCUT2D eigenvalue weighted by molar-refractivity contribution is 1.22. The highest BCUT2D eigenvalue weighted by Crippen LogP contribution is 2.13. The van der Waals surface area contributed by atoms with Crippen LogP contribution in [0.25, 0.3) is 0 Å². The number of pyridine rings is 1. The number of nitrogens with zero attached hydrogens (tertiary/aromatic N) is 3. The second-order valence-electron chi connectivity index (χ2n) is 2.95. The average molecular weight is 291 g/mol. The monoisotopic (exact) mass is 290 g/mol. The maximum Gasteiger partial charge on any atom is 0.203 e. The maximum absolute atomic E-state index is 4.22. The van der Waals surface area contributed by atoms with Gasteiger partial charge in [-0.2, -0.15) is 5.10 Å². The topological polar surface area (TPSA) is 50.2 Å². The standard InChI is InChI=1S/C10H10N4S.2ClH/c1-8-7-15-10(13-8)14-12-6-9-3-2-4-11-5-9;;/h2-7H,1H3,(H,13,14);2*1H. The van der Waals surface area contributed by atoms with Crippen LogP contribution in [0.3, 0.4) is 0 Å². The molecule has 0 spiro atoms. The van der Waals surface area contributed by atoms with Gasteiger partial charge >= 0.3 is 0 Å². The summed E-state index contributed by atoms with van der Waals surface area (Å²) in [5.41, 5.74) is 4.82. The summed E-state index contributed by atoms with van der Waals surface area (Å²) in [5.74, 6) is 0. The Morgan fingerprint density at radius 3 is 2.82 bits per heavy atom. The minimum absolute atomic E-state index is 0. The van der Waals surface area contributed by atoms with E-state index in [0.717, 1.165) is 16.4 Å². The highest BCUT2D eigenvalue weighted by molar-refractivity contribution is 7.13. The van der Waals surface area contributed by atoms with Crippen molar-refractivity contribution in [1.82, 2.24) is 9.97 Å². The minimum Gasteiger partial charge on any atom is -0.264 e. The van der Waals surface area contributed by atoms with Crippen molar-refractivity contribution in [2.45, 2.75) is 6.92 Å². The summed E-state index contributed by atoms with van der Waals surface area (Å²) in [6.45, 7) is 1.95. The number of rotatable bonds is 3. The molecule has 0 amide bonds. The van der Waals surface area contributed by atoms with E-state index in [1.807, 2.05) is 24.4 Å². The molecule has 0 aliphatic rings. The Hall–Kier alpha value is -1.17. The van der Waals surface area contributed by atoms with E-state index in [4.69, 9.17) is 0 Å². The summed E-state index contributed by atoms with van der Waals surface area (Å²) in [6, 6.07) is 3.81. The Labute approximate surface area is 116 Å². The highest BCUT2D eigenvalue weighted by atomic mass is 35.5. The first-order valence-corrected chi connectivity index (χ1v) is 5.34. The summed E-state index contributed by atoms with van der Waals surface area (Å²) in [5, 5.41) is 6.83. The van der Waals surface area contributed by atoms with Crippen LogP contribution in [0, 0.1) is 6.92 Å². The number of thiazole rings is 1. The quantitative estimate of drug-likeness (QED) is 0.698. The van der Waals surface area contributed by atoms with Gasteiger partial charge in [0.25, 0.3) is 0 Å². The van der Waals surface area contributed by atoms with E-state index in [-0.39, 0.29) is 24.8 Å². The van der Waals surface area contributed by atoms with Crippen LogP contribution < -0.4 is 5.43 Å². The Kier molecular flexibility index (Phi) is 7.45. The van der Waals surface area contributed by atoms with Gasteiger partial charge in [0.05, 0.1) is 11.9 Å². The molecule has 0 aliphatic carbocycles. The van der Waals surface area contributed by atoms with Crippen LogP contribution >= 0.6 is 36.2 Å². The Morgan fingerprint density at radius 1 is 1.41 bits per heavy atom. The lowest BCUT2D eigenvalue weighted by Crippen LogP contribution is -1.90. The van der Waals surface area contributed by atoms with Gasteiger partial charge in [0.2, 0.25) is 5.13 Å². The first-order valence-electron chi connectivity index (χ1n) is 4.46. The Bertz CT molecular complexity index is 458. The lowest BCUT2D eigenvalue weighted by atomic mass is 10.3. The van der Waals surface area contributed by atoms with Crippen molar-refractivity contribution in [3.05, 3.63) is 41.2 Å². The molecule has 92 valence electrons. The molecule has 4 nitrogen and oxygen atoms in total. The van der Waals surface area contributed by atoms with Crippen LogP contribution in [0.4, 0.5) is 5.13 Å². The molecule has 0 aliphatic heterocycles. The molecule has 2 heterocycles. The Balaban J connectivity index is 0.00000128. The number of anilines is 1. The number of hydrazone groups is 1. The van der Waals surface area contributed by atoms with Crippen LogP contribution in [0.1, 0.15) is 11.3 Å². The molecule has 0 bridgehead atoms. The van der Waals surface area contributed by atoms with Gasteiger partial charge < -0.3 is 0 Å². The molecule has 7 heteroatoms. The predicted octanol–water partition coefficient (Wildman–Crippen LogP) is 3.14. The van der Waals surface area contributed by atoms with Crippen molar-refractivity contribution in [1.29, 1.82) is 0 Å². The number of hydrogen-bond donors (Lipinski definition) is 1. The van der Waals surface area contributed by atoms with Crippen LogP contribution in [-0.2, 0) is 0 Å². The zero-order valence-electron chi connectivity index (χ0n) is 9.03. The van der Waals surface area contributed by atoms with Crippen molar-refractivity contribution >= 4 is 47.5 Å². The molecule has 0 radical (unpaired) electrons. The number of aryl methyl sites for hydroxylation is 1. The molecule has 17 heavy (non-hydrogen) atoms. The van der Waals surface area contributed by atoms with Crippen molar-refractivity contribution in [2.24, 2.45) is 5.10 Å². The van der Waals surface area contributed by atoms with Gasteiger partial charge in [-0.3, -0.25) is 10.4 Å². The summed E-state index contributed by atoms with van der Waals surface area (Å²) >= 11 is 1.53. The van der Waals surface area contributed by atoms with Crippen molar-refractivity contribution in [3.8, 4) is 0 Å². The minimum atomic E-state index is 0. The molecule has 0 atom stereocenters. The number of halogens is 2. The fraction of sp³-hybridized carbons (Fsp3) is 0.100. The molecule has 2 aromatic rings. The van der Waals surface area contributed by atoms with Gasteiger partial charge in [-0.05, 0) is 13.0 Å². The normalized spacial score (nSPS) is 9.47. The van der Waals surface area contributed by atoms with Crippen LogP contribution in [0.2, 0.25) is 0 Å². The predicted molar refractivity (Wildman–Crippen MR) is 76.8 cm³/mol. The molecular formula is C10H12Cl2N4S. The van der Waals surface area contributed by atoms with E-state index in [9.17, 15) is 0 Å². The molecule has 0 saturated carbocycles. The first kappa shape index (κ1) is 15.8. The van der Waals surface area contributed by atoms with E-state index in [2.05, 4.69) is 20.5 Å².